The van der Waals surface area contributed by atoms with Crippen LogP contribution < -0.4 is 14.2 Å². The summed E-state index contributed by atoms with van der Waals surface area (Å²) in [4.78, 5) is 16.9. The summed E-state index contributed by atoms with van der Waals surface area (Å²) in [5.74, 6) is 0.742. The molecule has 0 radical (unpaired) electrons. The van der Waals surface area contributed by atoms with Gasteiger partial charge in [-0.15, -0.1) is 0 Å². The second-order valence-corrected chi connectivity index (χ2v) is 7.62. The minimum absolute atomic E-state index is 0.0742. The Labute approximate surface area is 171 Å². The second-order valence-electron chi connectivity index (χ2n) is 7.62. The summed E-state index contributed by atoms with van der Waals surface area (Å²) in [6.07, 6.45) is 3.45. The summed E-state index contributed by atoms with van der Waals surface area (Å²) in [6.45, 7) is 6.56. The molecule has 2 heterocycles. The van der Waals surface area contributed by atoms with Gasteiger partial charge in [0, 0.05) is 18.3 Å². The van der Waals surface area contributed by atoms with Crippen LogP contribution >= 0.6 is 0 Å². The first-order valence-electron chi connectivity index (χ1n) is 9.38. The molecule has 1 atom stereocenters. The van der Waals surface area contributed by atoms with Gasteiger partial charge in [-0.3, -0.25) is 0 Å². The van der Waals surface area contributed by atoms with Gasteiger partial charge in [-0.05, 0) is 22.6 Å². The Bertz CT molecular complexity index is 903. The van der Waals surface area contributed by atoms with Gasteiger partial charge in [0.2, 0.25) is 11.8 Å². The molecule has 29 heavy (non-hydrogen) atoms. The van der Waals surface area contributed by atoms with Crippen molar-refractivity contribution in [3.63, 3.8) is 0 Å². The van der Waals surface area contributed by atoms with Gasteiger partial charge in [-0.25, -0.2) is 9.97 Å². The lowest BCUT2D eigenvalue weighted by molar-refractivity contribution is 0.181. The molecule has 3 rings (SSSR count). The van der Waals surface area contributed by atoms with Crippen LogP contribution in [0.3, 0.4) is 0 Å². The highest BCUT2D eigenvalue weighted by Gasteiger charge is 2.20. The van der Waals surface area contributed by atoms with Crippen molar-refractivity contribution >= 4 is 0 Å². The zero-order chi connectivity index (χ0) is 20.9. The van der Waals surface area contributed by atoms with Gasteiger partial charge in [0.05, 0.1) is 20.3 Å². The van der Waals surface area contributed by atoms with E-state index in [0.717, 1.165) is 11.3 Å². The zero-order valence-corrected chi connectivity index (χ0v) is 17.4. The molecule has 0 bridgehead atoms. The number of ether oxygens (including phenoxy) is 3. The summed E-state index contributed by atoms with van der Waals surface area (Å²) in [5, 5.41) is 0. The minimum Gasteiger partial charge on any atom is -0.481 e. The van der Waals surface area contributed by atoms with E-state index < -0.39 is 0 Å². The van der Waals surface area contributed by atoms with Crippen LogP contribution in [0.1, 0.15) is 43.7 Å². The maximum Gasteiger partial charge on any atom is 0.323 e. The van der Waals surface area contributed by atoms with Gasteiger partial charge in [0.15, 0.2) is 0 Å². The Morgan fingerprint density at radius 1 is 0.931 bits per heavy atom. The smallest absolute Gasteiger partial charge is 0.323 e. The number of hydrogen-bond acceptors (Lipinski definition) is 7. The molecule has 0 amide bonds. The Morgan fingerprint density at radius 2 is 1.59 bits per heavy atom. The molecule has 0 spiro atoms. The van der Waals surface area contributed by atoms with E-state index in [4.69, 9.17) is 14.2 Å². The van der Waals surface area contributed by atoms with Gasteiger partial charge in [0.25, 0.3) is 0 Å². The molecule has 152 valence electrons. The van der Waals surface area contributed by atoms with E-state index in [9.17, 15) is 0 Å². The van der Waals surface area contributed by atoms with Crippen LogP contribution in [0, 0.1) is 0 Å². The highest BCUT2D eigenvalue weighted by atomic mass is 16.5. The Morgan fingerprint density at radius 3 is 2.10 bits per heavy atom. The minimum atomic E-state index is -0.337. The summed E-state index contributed by atoms with van der Waals surface area (Å²) in [6, 6.07) is 12.0. The first kappa shape index (κ1) is 20.5. The van der Waals surface area contributed by atoms with Gasteiger partial charge in [0.1, 0.15) is 12.4 Å². The summed E-state index contributed by atoms with van der Waals surface area (Å²) >= 11 is 0. The number of nitrogens with zero attached hydrogens (tertiary/aromatic N) is 4. The molecule has 1 aromatic carbocycles. The van der Waals surface area contributed by atoms with E-state index in [2.05, 4.69) is 65.0 Å². The van der Waals surface area contributed by atoms with E-state index >= 15 is 0 Å². The van der Waals surface area contributed by atoms with Crippen LogP contribution in [-0.4, -0.2) is 34.2 Å². The van der Waals surface area contributed by atoms with Crippen molar-refractivity contribution < 1.29 is 14.2 Å². The van der Waals surface area contributed by atoms with E-state index in [0.29, 0.717) is 18.2 Å². The lowest BCUT2D eigenvalue weighted by atomic mass is 9.86. The average Bonchev–Trinajstić information content (AvgIpc) is 2.73. The molecule has 0 saturated carbocycles. The van der Waals surface area contributed by atoms with Crippen molar-refractivity contribution in [2.45, 2.75) is 38.7 Å². The van der Waals surface area contributed by atoms with E-state index in [1.807, 2.05) is 6.07 Å². The molecule has 7 heteroatoms. The molecule has 1 unspecified atom stereocenters. The first-order valence-corrected chi connectivity index (χ1v) is 9.38. The Hall–Kier alpha value is -3.22. The van der Waals surface area contributed by atoms with E-state index in [1.54, 1.807) is 12.3 Å². The van der Waals surface area contributed by atoms with Crippen LogP contribution in [0.15, 0.2) is 48.9 Å². The lowest BCUT2D eigenvalue weighted by Crippen LogP contribution is -2.15. The maximum atomic E-state index is 6.17. The predicted octanol–water partition coefficient (Wildman–Crippen LogP) is 3.94. The Kier molecular flexibility index (Phi) is 6.26. The SMILES string of the molecule is COc1cc(OC)nc(OC(Cc2ccncn2)c2ccc(C(C)(C)C)cc2)n1. The van der Waals surface area contributed by atoms with Crippen LogP contribution in [0.4, 0.5) is 0 Å². The van der Waals surface area contributed by atoms with Crippen molar-refractivity contribution in [2.24, 2.45) is 0 Å². The summed E-state index contributed by atoms with van der Waals surface area (Å²) < 4.78 is 16.6. The molecule has 0 aliphatic carbocycles. The lowest BCUT2D eigenvalue weighted by Gasteiger charge is -2.22. The van der Waals surface area contributed by atoms with Gasteiger partial charge >= 0.3 is 6.01 Å². The predicted molar refractivity (Wildman–Crippen MR) is 109 cm³/mol. The van der Waals surface area contributed by atoms with Crippen LogP contribution in [0.2, 0.25) is 0 Å². The number of benzene rings is 1. The third kappa shape index (κ3) is 5.40. The monoisotopic (exact) mass is 394 g/mol. The molecule has 3 aromatic rings. The third-order valence-electron chi connectivity index (χ3n) is 4.51. The van der Waals surface area contributed by atoms with Gasteiger partial charge in [-0.1, -0.05) is 45.0 Å². The normalized spacial score (nSPS) is 12.3. The van der Waals surface area contributed by atoms with Crippen molar-refractivity contribution in [2.75, 3.05) is 14.2 Å². The van der Waals surface area contributed by atoms with E-state index in [1.165, 1.54) is 26.1 Å². The average molecular weight is 394 g/mol. The maximum absolute atomic E-state index is 6.17. The second kappa shape index (κ2) is 8.86. The fourth-order valence-electron chi connectivity index (χ4n) is 2.83. The van der Waals surface area contributed by atoms with Gasteiger partial charge < -0.3 is 14.2 Å². The fraction of sp³-hybridized carbons (Fsp3) is 0.364. The largest absolute Gasteiger partial charge is 0.481 e. The zero-order valence-electron chi connectivity index (χ0n) is 17.4. The molecule has 0 aliphatic rings. The van der Waals surface area contributed by atoms with Crippen LogP contribution in [0.5, 0.6) is 17.8 Å². The Balaban J connectivity index is 1.93. The molecule has 7 nitrogen and oxygen atoms in total. The van der Waals surface area contributed by atoms with Crippen molar-refractivity contribution in [3.8, 4) is 17.8 Å². The topological polar surface area (TPSA) is 79.2 Å². The molecule has 0 saturated heterocycles. The van der Waals surface area contributed by atoms with Crippen molar-refractivity contribution in [3.05, 3.63) is 65.7 Å². The molecule has 0 fully saturated rings. The van der Waals surface area contributed by atoms with Crippen molar-refractivity contribution in [1.82, 2.24) is 19.9 Å². The van der Waals surface area contributed by atoms with Crippen LogP contribution in [0.25, 0.3) is 0 Å². The molecular formula is C22H26N4O3. The molecular weight excluding hydrogens is 368 g/mol. The number of methoxy groups -OCH3 is 2. The molecule has 0 N–H and O–H groups in total. The first-order chi connectivity index (χ1) is 13.9. The molecule has 0 aliphatic heterocycles. The summed E-state index contributed by atoms with van der Waals surface area (Å²) in [5.41, 5.74) is 3.19. The van der Waals surface area contributed by atoms with Gasteiger partial charge in [-0.2, -0.15) is 9.97 Å². The number of rotatable bonds is 7. The summed E-state index contributed by atoms with van der Waals surface area (Å²) in [7, 11) is 3.07. The highest BCUT2D eigenvalue weighted by Crippen LogP contribution is 2.28. The van der Waals surface area contributed by atoms with Crippen LogP contribution in [-0.2, 0) is 11.8 Å². The molecule has 2 aromatic heterocycles. The number of aromatic nitrogens is 4. The highest BCUT2D eigenvalue weighted by molar-refractivity contribution is 5.30. The quantitative estimate of drug-likeness (QED) is 0.600. The number of hydrogen-bond donors (Lipinski definition) is 0. The van der Waals surface area contributed by atoms with E-state index in [-0.39, 0.29) is 17.5 Å². The standard InChI is InChI=1S/C22H26N4O3/c1-22(2,3)16-8-6-15(7-9-16)18(12-17-10-11-23-14-24-17)29-21-25-19(27-4)13-20(26-21)28-5/h6-11,13-14,18H,12H2,1-5H3. The van der Waals surface area contributed by atoms with Crippen molar-refractivity contribution in [1.29, 1.82) is 0 Å². The third-order valence-corrected chi connectivity index (χ3v) is 4.51. The fourth-order valence-corrected chi connectivity index (χ4v) is 2.83.